The molecule has 6 nitrogen and oxygen atoms in total. The zero-order chi connectivity index (χ0) is 22.9. The smallest absolute Gasteiger partial charge is 0.322 e. The number of aromatic amines is 1. The molecule has 0 saturated carbocycles. The monoisotopic (exact) mass is 445 g/mol. The van der Waals surface area contributed by atoms with E-state index in [2.05, 4.69) is 16.4 Å². The molecule has 0 radical (unpaired) electrons. The lowest BCUT2D eigenvalue weighted by molar-refractivity contribution is 0.191. The molecule has 2 N–H and O–H groups in total. The highest BCUT2D eigenvalue weighted by Crippen LogP contribution is 2.40. The quantitative estimate of drug-likeness (QED) is 0.436. The minimum atomic E-state index is -0.598. The summed E-state index contributed by atoms with van der Waals surface area (Å²) in [6, 6.07) is 18.8. The van der Waals surface area contributed by atoms with E-state index in [1.165, 1.54) is 13.2 Å². The minimum Gasteiger partial charge on any atom is -0.497 e. The van der Waals surface area contributed by atoms with Gasteiger partial charge in [-0.2, -0.15) is 0 Å². The molecule has 3 aromatic carbocycles. The van der Waals surface area contributed by atoms with E-state index in [0.29, 0.717) is 35.7 Å². The predicted molar refractivity (Wildman–Crippen MR) is 126 cm³/mol. The highest BCUT2D eigenvalue weighted by atomic mass is 19.1. The Bertz CT molecular complexity index is 1330. The number of H-pyrrole nitrogens is 1. The highest BCUT2D eigenvalue weighted by molar-refractivity contribution is 5.93. The summed E-state index contributed by atoms with van der Waals surface area (Å²) in [7, 11) is 3.10. The lowest BCUT2D eigenvalue weighted by atomic mass is 9.92. The number of urea groups is 1. The van der Waals surface area contributed by atoms with Gasteiger partial charge in [0.05, 0.1) is 19.9 Å². The van der Waals surface area contributed by atoms with E-state index >= 15 is 0 Å². The second kappa shape index (κ2) is 8.50. The summed E-state index contributed by atoms with van der Waals surface area (Å²) < 4.78 is 25.7. The number of amides is 2. The minimum absolute atomic E-state index is 0.348. The molecule has 168 valence electrons. The van der Waals surface area contributed by atoms with E-state index in [1.54, 1.807) is 48.4 Å². The van der Waals surface area contributed by atoms with Gasteiger partial charge < -0.3 is 24.7 Å². The molecule has 0 spiro atoms. The Morgan fingerprint density at radius 3 is 2.64 bits per heavy atom. The molecule has 5 rings (SSSR count). The third kappa shape index (κ3) is 3.65. The van der Waals surface area contributed by atoms with Crippen LogP contribution < -0.4 is 14.8 Å². The number of methoxy groups -OCH3 is 2. The van der Waals surface area contributed by atoms with Gasteiger partial charge in [0.1, 0.15) is 23.4 Å². The number of carbonyl (C=O) groups is 1. The number of anilines is 1. The summed E-state index contributed by atoms with van der Waals surface area (Å²) in [6.07, 6.45) is 0.660. The first kappa shape index (κ1) is 20.9. The summed E-state index contributed by atoms with van der Waals surface area (Å²) in [4.78, 5) is 18.6. The number of nitrogens with zero attached hydrogens (tertiary/aromatic N) is 1. The van der Waals surface area contributed by atoms with E-state index in [4.69, 9.17) is 9.47 Å². The number of benzene rings is 3. The number of ether oxygens (including phenoxy) is 2. The number of hydrogen-bond acceptors (Lipinski definition) is 3. The maximum atomic E-state index is 15.0. The summed E-state index contributed by atoms with van der Waals surface area (Å²) >= 11 is 0. The lowest BCUT2D eigenvalue weighted by Gasteiger charge is -2.36. The molecule has 0 fully saturated rings. The van der Waals surface area contributed by atoms with E-state index in [1.807, 2.05) is 18.2 Å². The first-order valence-electron chi connectivity index (χ1n) is 10.7. The molecule has 1 aliphatic rings. The van der Waals surface area contributed by atoms with E-state index in [9.17, 15) is 9.18 Å². The van der Waals surface area contributed by atoms with Crippen LogP contribution in [-0.2, 0) is 6.42 Å². The van der Waals surface area contributed by atoms with E-state index < -0.39 is 6.04 Å². The van der Waals surface area contributed by atoms with Crippen molar-refractivity contribution in [2.75, 3.05) is 26.1 Å². The number of aromatic nitrogens is 1. The second-order valence-electron chi connectivity index (χ2n) is 7.93. The fourth-order valence-electron chi connectivity index (χ4n) is 4.58. The van der Waals surface area contributed by atoms with Crippen molar-refractivity contribution in [3.8, 4) is 11.5 Å². The number of fused-ring (bicyclic) bond motifs is 3. The number of para-hydroxylation sites is 1. The van der Waals surface area contributed by atoms with Crippen LogP contribution in [0, 0.1) is 5.82 Å². The average molecular weight is 445 g/mol. The maximum Gasteiger partial charge on any atom is 0.322 e. The standard InChI is InChI=1S/C26H24FN3O3/c1-32-16-11-12-23(33-2)22(15-16)29-26(31)30-14-13-18-17-7-4-6-10-21(17)28-24(18)25(30)19-8-3-5-9-20(19)27/h3-12,15,25,28H,13-14H2,1-2H3,(H,29,31). The van der Waals surface area contributed by atoms with Gasteiger partial charge in [-0.25, -0.2) is 9.18 Å². The lowest BCUT2D eigenvalue weighted by Crippen LogP contribution is -2.43. The molecule has 33 heavy (non-hydrogen) atoms. The molecule has 2 amide bonds. The van der Waals surface area contributed by atoms with E-state index in [-0.39, 0.29) is 11.8 Å². The fourth-order valence-corrected chi connectivity index (χ4v) is 4.58. The number of rotatable bonds is 4. The Morgan fingerprint density at radius 2 is 1.85 bits per heavy atom. The first-order chi connectivity index (χ1) is 16.1. The Labute approximate surface area is 190 Å². The fraction of sp³-hybridized carbons (Fsp3) is 0.192. The van der Waals surface area contributed by atoms with Crippen molar-refractivity contribution in [2.45, 2.75) is 12.5 Å². The van der Waals surface area contributed by atoms with Gasteiger partial charge in [-0.15, -0.1) is 0 Å². The van der Waals surface area contributed by atoms with Gasteiger partial charge >= 0.3 is 6.03 Å². The van der Waals surface area contributed by atoms with Crippen LogP contribution in [0.25, 0.3) is 10.9 Å². The third-order valence-electron chi connectivity index (χ3n) is 6.14. The molecule has 0 saturated heterocycles. The zero-order valence-corrected chi connectivity index (χ0v) is 18.4. The van der Waals surface area contributed by atoms with Crippen LogP contribution in [0.3, 0.4) is 0 Å². The number of carbonyl (C=O) groups excluding carboxylic acids is 1. The number of halogens is 1. The van der Waals surface area contributed by atoms with Crippen LogP contribution in [0.15, 0.2) is 66.7 Å². The Hall–Kier alpha value is -4.00. The van der Waals surface area contributed by atoms with Gasteiger partial charge in [-0.05, 0) is 36.2 Å². The summed E-state index contributed by atoms with van der Waals surface area (Å²) in [5, 5.41) is 4.04. The Morgan fingerprint density at radius 1 is 1.06 bits per heavy atom. The molecule has 2 heterocycles. The molecule has 7 heteroatoms. The van der Waals surface area contributed by atoms with Crippen molar-refractivity contribution in [1.29, 1.82) is 0 Å². The predicted octanol–water partition coefficient (Wildman–Crippen LogP) is 5.50. The molecule has 1 atom stereocenters. The van der Waals surface area contributed by atoms with Crippen molar-refractivity contribution in [3.63, 3.8) is 0 Å². The van der Waals surface area contributed by atoms with Gasteiger partial charge in [0.25, 0.3) is 0 Å². The topological polar surface area (TPSA) is 66.6 Å². The van der Waals surface area contributed by atoms with Gasteiger partial charge in [0.2, 0.25) is 0 Å². The number of hydrogen-bond donors (Lipinski definition) is 2. The van der Waals surface area contributed by atoms with Crippen LogP contribution in [0.4, 0.5) is 14.9 Å². The largest absolute Gasteiger partial charge is 0.497 e. The molecular formula is C26H24FN3O3. The van der Waals surface area contributed by atoms with Crippen molar-refractivity contribution in [1.82, 2.24) is 9.88 Å². The SMILES string of the molecule is COc1ccc(OC)c(NC(=O)N2CCc3c([nH]c4ccccc34)C2c2ccccc2F)c1. The van der Waals surface area contributed by atoms with Gasteiger partial charge in [0.15, 0.2) is 0 Å². The Balaban J connectivity index is 1.58. The third-order valence-corrected chi connectivity index (χ3v) is 6.14. The molecule has 0 bridgehead atoms. The van der Waals surface area contributed by atoms with Crippen LogP contribution >= 0.6 is 0 Å². The molecule has 1 aromatic heterocycles. The van der Waals surface area contributed by atoms with Crippen LogP contribution in [-0.4, -0.2) is 36.7 Å². The molecular weight excluding hydrogens is 421 g/mol. The van der Waals surface area contributed by atoms with Gasteiger partial charge in [0, 0.05) is 34.8 Å². The van der Waals surface area contributed by atoms with Gasteiger partial charge in [-0.3, -0.25) is 0 Å². The van der Waals surface area contributed by atoms with Gasteiger partial charge in [-0.1, -0.05) is 36.4 Å². The van der Waals surface area contributed by atoms with Crippen LogP contribution in [0.2, 0.25) is 0 Å². The first-order valence-corrected chi connectivity index (χ1v) is 10.7. The normalized spacial score (nSPS) is 15.2. The summed E-state index contributed by atoms with van der Waals surface area (Å²) in [5.74, 6) is 0.744. The van der Waals surface area contributed by atoms with Crippen molar-refractivity contribution in [2.24, 2.45) is 0 Å². The molecule has 1 aliphatic heterocycles. The molecule has 1 unspecified atom stereocenters. The van der Waals surface area contributed by atoms with Crippen molar-refractivity contribution in [3.05, 3.63) is 89.4 Å². The van der Waals surface area contributed by atoms with Crippen LogP contribution in [0.1, 0.15) is 22.9 Å². The van der Waals surface area contributed by atoms with Crippen molar-refractivity contribution >= 4 is 22.6 Å². The van der Waals surface area contributed by atoms with Crippen LogP contribution in [0.5, 0.6) is 11.5 Å². The maximum absolute atomic E-state index is 15.0. The van der Waals surface area contributed by atoms with Crippen molar-refractivity contribution < 1.29 is 18.7 Å². The molecule has 0 aliphatic carbocycles. The highest BCUT2D eigenvalue weighted by Gasteiger charge is 2.36. The Kier molecular flexibility index (Phi) is 5.38. The number of nitrogens with one attached hydrogen (secondary N) is 2. The zero-order valence-electron chi connectivity index (χ0n) is 18.4. The van der Waals surface area contributed by atoms with E-state index in [0.717, 1.165) is 22.2 Å². The molecule has 4 aromatic rings. The second-order valence-corrected chi connectivity index (χ2v) is 7.93. The summed E-state index contributed by atoms with van der Waals surface area (Å²) in [6.45, 7) is 0.436. The average Bonchev–Trinajstić information content (AvgIpc) is 3.22. The summed E-state index contributed by atoms with van der Waals surface area (Å²) in [5.41, 5.74) is 3.84.